The number of carbonyl (C=O) groups is 1. The number of likely N-dealkylation sites (tertiary alicyclic amines) is 1. The van der Waals surface area contributed by atoms with Crippen molar-refractivity contribution in [1.29, 1.82) is 5.26 Å². The number of benzene rings is 2. The van der Waals surface area contributed by atoms with Crippen LogP contribution in [0.2, 0.25) is 0 Å². The van der Waals surface area contributed by atoms with Crippen LogP contribution in [-0.2, 0) is 4.79 Å². The molecule has 0 saturated carbocycles. The minimum atomic E-state index is -0.321. The summed E-state index contributed by atoms with van der Waals surface area (Å²) in [6.07, 6.45) is 3.65. The fourth-order valence-corrected chi connectivity index (χ4v) is 4.92. The lowest BCUT2D eigenvalue weighted by Gasteiger charge is -2.14. The van der Waals surface area contributed by atoms with Crippen molar-refractivity contribution in [2.24, 2.45) is 0 Å². The van der Waals surface area contributed by atoms with Gasteiger partial charge >= 0.3 is 0 Å². The average Bonchev–Trinajstić information content (AvgIpc) is 3.46. The number of rotatable bonds is 5. The van der Waals surface area contributed by atoms with Crippen LogP contribution in [0.3, 0.4) is 0 Å². The summed E-state index contributed by atoms with van der Waals surface area (Å²) in [5.74, 6) is 0.368. The fraction of sp³-hybridized carbons (Fsp3) is 0.269. The molecule has 6 nitrogen and oxygen atoms in total. The monoisotopic (exact) mass is 459 g/mol. The number of aryl methyl sites for hydroxylation is 1. The van der Waals surface area contributed by atoms with Gasteiger partial charge in [0.1, 0.15) is 16.5 Å². The van der Waals surface area contributed by atoms with Gasteiger partial charge < -0.3 is 9.64 Å². The van der Waals surface area contributed by atoms with Crippen LogP contribution in [0.15, 0.2) is 53.3 Å². The normalized spacial score (nSPS) is 14.8. The molecule has 4 rings (SSSR count). The summed E-state index contributed by atoms with van der Waals surface area (Å²) in [5.41, 5.74) is 2.33. The smallest absolute Gasteiger partial charge is 0.273 e. The van der Waals surface area contributed by atoms with Gasteiger partial charge in [-0.05, 0) is 62.6 Å². The Bertz CT molecular complexity index is 1370. The minimum absolute atomic E-state index is 0.00330. The van der Waals surface area contributed by atoms with E-state index in [1.54, 1.807) is 35.2 Å². The predicted molar refractivity (Wildman–Crippen MR) is 130 cm³/mol. The van der Waals surface area contributed by atoms with Gasteiger partial charge in [-0.1, -0.05) is 29.8 Å². The van der Waals surface area contributed by atoms with E-state index in [0.29, 0.717) is 40.3 Å². The van der Waals surface area contributed by atoms with Gasteiger partial charge in [0.25, 0.3) is 11.5 Å². The van der Waals surface area contributed by atoms with Crippen LogP contribution in [0.4, 0.5) is 0 Å². The van der Waals surface area contributed by atoms with Crippen molar-refractivity contribution in [1.82, 2.24) is 9.47 Å². The van der Waals surface area contributed by atoms with Crippen LogP contribution in [0, 0.1) is 18.3 Å². The highest BCUT2D eigenvalue weighted by molar-refractivity contribution is 7.07. The Hall–Kier alpha value is -3.63. The van der Waals surface area contributed by atoms with Gasteiger partial charge in [-0.2, -0.15) is 5.26 Å². The third-order valence-corrected chi connectivity index (χ3v) is 6.63. The van der Waals surface area contributed by atoms with Gasteiger partial charge in [0.15, 0.2) is 5.57 Å². The highest BCUT2D eigenvalue weighted by atomic mass is 32.1. The van der Waals surface area contributed by atoms with E-state index in [4.69, 9.17) is 4.74 Å². The van der Waals surface area contributed by atoms with E-state index in [1.165, 1.54) is 15.9 Å². The van der Waals surface area contributed by atoms with E-state index in [0.717, 1.165) is 24.0 Å². The SMILES string of the molecule is CCOc1ccc(-n2c(=O)/c(=C\c3ccc(C)cc3)s/c2=C(/C#N)C(=O)N2CCCC2)cc1. The second-order valence-electron chi connectivity index (χ2n) is 7.88. The molecular weight excluding hydrogens is 434 g/mol. The lowest BCUT2D eigenvalue weighted by atomic mass is 10.1. The predicted octanol–water partition coefficient (Wildman–Crippen LogP) is 2.73. The first-order valence-corrected chi connectivity index (χ1v) is 11.8. The third kappa shape index (κ3) is 4.76. The van der Waals surface area contributed by atoms with Crippen molar-refractivity contribution in [3.63, 3.8) is 0 Å². The first-order chi connectivity index (χ1) is 16.0. The van der Waals surface area contributed by atoms with Gasteiger partial charge in [-0.15, -0.1) is 11.3 Å². The van der Waals surface area contributed by atoms with Gasteiger partial charge in [0.2, 0.25) is 0 Å². The van der Waals surface area contributed by atoms with E-state index in [9.17, 15) is 14.9 Å². The molecule has 1 aliphatic rings. The van der Waals surface area contributed by atoms with Crippen LogP contribution < -0.4 is 19.5 Å². The third-order valence-electron chi connectivity index (χ3n) is 5.54. The molecule has 0 aliphatic carbocycles. The van der Waals surface area contributed by atoms with Crippen molar-refractivity contribution in [3.05, 3.63) is 79.2 Å². The van der Waals surface area contributed by atoms with Crippen LogP contribution in [0.25, 0.3) is 17.3 Å². The zero-order valence-electron chi connectivity index (χ0n) is 18.7. The summed E-state index contributed by atoms with van der Waals surface area (Å²) in [6.45, 7) is 5.70. The Kier molecular flexibility index (Phi) is 6.76. The molecule has 33 heavy (non-hydrogen) atoms. The number of thiazole rings is 1. The Labute approximate surface area is 196 Å². The largest absolute Gasteiger partial charge is 0.494 e. The van der Waals surface area contributed by atoms with E-state index in [1.807, 2.05) is 38.1 Å². The molecule has 0 radical (unpaired) electrons. The topological polar surface area (TPSA) is 75.3 Å². The van der Waals surface area contributed by atoms with Gasteiger partial charge in [0.05, 0.1) is 16.8 Å². The molecule has 7 heteroatoms. The highest BCUT2D eigenvalue weighted by Crippen LogP contribution is 2.15. The van der Waals surface area contributed by atoms with Crippen molar-refractivity contribution in [2.45, 2.75) is 26.7 Å². The van der Waals surface area contributed by atoms with E-state index in [-0.39, 0.29) is 17.0 Å². The molecule has 1 amide bonds. The van der Waals surface area contributed by atoms with Gasteiger partial charge in [0, 0.05) is 13.1 Å². The first-order valence-electron chi connectivity index (χ1n) is 11.0. The maximum Gasteiger partial charge on any atom is 0.273 e. The molecule has 1 saturated heterocycles. The van der Waals surface area contributed by atoms with Gasteiger partial charge in [-0.25, -0.2) is 0 Å². The Morgan fingerprint density at radius 1 is 1.12 bits per heavy atom. The lowest BCUT2D eigenvalue weighted by molar-refractivity contribution is -0.123. The fourth-order valence-electron chi connectivity index (χ4n) is 3.82. The molecule has 168 valence electrons. The molecule has 1 aliphatic heterocycles. The maximum atomic E-state index is 13.5. The van der Waals surface area contributed by atoms with Crippen LogP contribution >= 0.6 is 11.3 Å². The number of nitrogens with zero attached hydrogens (tertiary/aromatic N) is 3. The van der Waals surface area contributed by atoms with Crippen LogP contribution in [0.1, 0.15) is 30.9 Å². The number of ether oxygens (including phenoxy) is 1. The molecule has 1 aromatic heterocycles. The molecule has 2 heterocycles. The van der Waals surface area contributed by atoms with Crippen molar-refractivity contribution < 1.29 is 9.53 Å². The Morgan fingerprint density at radius 3 is 2.39 bits per heavy atom. The molecule has 0 atom stereocenters. The molecule has 0 spiro atoms. The number of carbonyl (C=O) groups excluding carboxylic acids is 1. The number of nitriles is 1. The summed E-state index contributed by atoms with van der Waals surface area (Å²) in [7, 11) is 0. The van der Waals surface area contributed by atoms with E-state index < -0.39 is 0 Å². The first kappa shape index (κ1) is 22.6. The minimum Gasteiger partial charge on any atom is -0.494 e. The summed E-state index contributed by atoms with van der Waals surface area (Å²) >= 11 is 1.17. The maximum absolute atomic E-state index is 13.5. The van der Waals surface area contributed by atoms with Crippen molar-refractivity contribution >= 4 is 28.9 Å². The summed E-state index contributed by atoms with van der Waals surface area (Å²) in [5, 5.41) is 9.94. The van der Waals surface area contributed by atoms with Crippen LogP contribution in [0.5, 0.6) is 5.75 Å². The number of hydrogen-bond donors (Lipinski definition) is 0. The van der Waals surface area contributed by atoms with Crippen molar-refractivity contribution in [3.8, 4) is 17.5 Å². The second-order valence-corrected chi connectivity index (χ2v) is 8.91. The molecule has 0 N–H and O–H groups in total. The zero-order valence-corrected chi connectivity index (χ0v) is 19.5. The quantitative estimate of drug-likeness (QED) is 0.588. The average molecular weight is 460 g/mol. The second kappa shape index (κ2) is 9.88. The van der Waals surface area contributed by atoms with Gasteiger partial charge in [-0.3, -0.25) is 14.2 Å². The molecule has 3 aromatic rings. The standard InChI is InChI=1S/C26H25N3O3S/c1-3-32-21-12-10-20(11-13-21)29-25(31)23(16-19-8-6-18(2)7-9-19)33-26(29)22(17-27)24(30)28-14-4-5-15-28/h6-13,16H,3-5,14-15H2,1-2H3/b23-16+,26-22-. The lowest BCUT2D eigenvalue weighted by Crippen LogP contribution is -2.35. The van der Waals surface area contributed by atoms with Crippen molar-refractivity contribution in [2.75, 3.05) is 19.7 Å². The zero-order chi connectivity index (χ0) is 23.4. The summed E-state index contributed by atoms with van der Waals surface area (Å²) in [6, 6.07) is 17.0. The Morgan fingerprint density at radius 2 is 1.79 bits per heavy atom. The van der Waals surface area contributed by atoms with E-state index in [2.05, 4.69) is 6.07 Å². The Balaban J connectivity index is 1.95. The molecular formula is C26H25N3O3S. The van der Waals surface area contributed by atoms with E-state index >= 15 is 0 Å². The molecule has 2 aromatic carbocycles. The number of amides is 1. The van der Waals surface area contributed by atoms with Crippen LogP contribution in [-0.4, -0.2) is 35.1 Å². The summed E-state index contributed by atoms with van der Waals surface area (Å²) < 4.78 is 7.79. The number of aromatic nitrogens is 1. The molecule has 1 fully saturated rings. The summed E-state index contributed by atoms with van der Waals surface area (Å²) in [4.78, 5) is 28.3. The molecule has 0 bridgehead atoms. The number of hydrogen-bond acceptors (Lipinski definition) is 5. The molecule has 0 unspecified atom stereocenters. The highest BCUT2D eigenvalue weighted by Gasteiger charge is 2.24.